The van der Waals surface area contributed by atoms with Crippen molar-refractivity contribution in [3.8, 4) is 0 Å². The van der Waals surface area contributed by atoms with Crippen molar-refractivity contribution < 1.29 is 14.0 Å². The van der Waals surface area contributed by atoms with Gasteiger partial charge in [0.15, 0.2) is 5.78 Å². The number of carbonyl (C=O) groups is 2. The summed E-state index contributed by atoms with van der Waals surface area (Å²) in [5, 5.41) is 3.45. The fraction of sp³-hybridized carbons (Fsp3) is 0.273. The second kappa shape index (κ2) is 8.89. The highest BCUT2D eigenvalue weighted by Crippen LogP contribution is 2.25. The number of amides is 1. The van der Waals surface area contributed by atoms with E-state index in [0.717, 1.165) is 5.56 Å². The summed E-state index contributed by atoms with van der Waals surface area (Å²) in [5.74, 6) is -1.05. The van der Waals surface area contributed by atoms with E-state index in [4.69, 9.17) is 23.2 Å². The Morgan fingerprint density at radius 3 is 2.36 bits per heavy atom. The first-order valence-corrected chi connectivity index (χ1v) is 9.50. The Morgan fingerprint density at radius 2 is 1.75 bits per heavy atom. The molecule has 0 radical (unpaired) electrons. The van der Waals surface area contributed by atoms with E-state index in [0.29, 0.717) is 10.6 Å². The monoisotopic (exact) mass is 421 g/mol. The van der Waals surface area contributed by atoms with E-state index in [-0.39, 0.29) is 34.4 Å². The largest absolute Gasteiger partial charge is 0.351 e. The predicted octanol–water partition coefficient (Wildman–Crippen LogP) is 6.00. The Hall–Kier alpha value is -2.17. The molecule has 2 aromatic carbocycles. The quantitative estimate of drug-likeness (QED) is 0.475. The highest BCUT2D eigenvalue weighted by atomic mass is 35.5. The van der Waals surface area contributed by atoms with Crippen LogP contribution >= 0.6 is 23.2 Å². The fourth-order valence-electron chi connectivity index (χ4n) is 2.40. The molecule has 1 N–H and O–H groups in total. The van der Waals surface area contributed by atoms with Gasteiger partial charge < -0.3 is 5.32 Å². The standard InChI is InChI=1S/C22H22Cl2FNO2/c1-13-11-14(5-8-17(13)23)19(27)10-7-16-18(24)9-6-15(20(16)25)12-26-21(28)22(2,3)4/h5-11H,12H2,1-4H3,(H,26,28). The number of carbonyl (C=O) groups excluding carboxylic acids is 2. The van der Waals surface area contributed by atoms with Gasteiger partial charge in [-0.15, -0.1) is 0 Å². The number of rotatable bonds is 5. The van der Waals surface area contributed by atoms with E-state index in [1.807, 2.05) is 0 Å². The Morgan fingerprint density at radius 1 is 1.11 bits per heavy atom. The van der Waals surface area contributed by atoms with Crippen LogP contribution in [0.25, 0.3) is 6.08 Å². The first-order chi connectivity index (χ1) is 13.0. The molecule has 0 aliphatic rings. The average Bonchev–Trinajstić information content (AvgIpc) is 2.61. The molecule has 0 fully saturated rings. The van der Waals surface area contributed by atoms with Gasteiger partial charge >= 0.3 is 0 Å². The van der Waals surface area contributed by atoms with Crippen LogP contribution in [0.2, 0.25) is 10.0 Å². The summed E-state index contributed by atoms with van der Waals surface area (Å²) in [7, 11) is 0. The number of ketones is 1. The molecule has 148 valence electrons. The lowest BCUT2D eigenvalue weighted by atomic mass is 9.95. The maximum absolute atomic E-state index is 14.8. The zero-order valence-corrected chi connectivity index (χ0v) is 17.7. The Labute approximate surface area is 174 Å². The van der Waals surface area contributed by atoms with Crippen molar-refractivity contribution in [1.82, 2.24) is 5.32 Å². The van der Waals surface area contributed by atoms with Crippen LogP contribution in [0.1, 0.15) is 47.8 Å². The number of allylic oxidation sites excluding steroid dienone is 1. The minimum atomic E-state index is -0.575. The van der Waals surface area contributed by atoms with Crippen LogP contribution in [-0.4, -0.2) is 11.7 Å². The highest BCUT2D eigenvalue weighted by Gasteiger charge is 2.21. The van der Waals surface area contributed by atoms with Gasteiger partial charge in [-0.3, -0.25) is 9.59 Å². The third kappa shape index (κ3) is 5.43. The normalized spacial score (nSPS) is 11.7. The molecule has 0 unspecified atom stereocenters. The maximum Gasteiger partial charge on any atom is 0.225 e. The van der Waals surface area contributed by atoms with Crippen molar-refractivity contribution >= 4 is 41.0 Å². The van der Waals surface area contributed by atoms with Gasteiger partial charge in [-0.25, -0.2) is 4.39 Å². The lowest BCUT2D eigenvalue weighted by Gasteiger charge is -2.18. The third-order valence-corrected chi connectivity index (χ3v) is 4.92. The summed E-state index contributed by atoms with van der Waals surface area (Å²) < 4.78 is 14.8. The molecule has 3 nitrogen and oxygen atoms in total. The van der Waals surface area contributed by atoms with Gasteiger partial charge in [0, 0.05) is 33.7 Å². The van der Waals surface area contributed by atoms with Crippen molar-refractivity contribution in [2.45, 2.75) is 34.2 Å². The SMILES string of the molecule is Cc1cc(C(=O)C=Cc2c(Cl)ccc(CNC(=O)C(C)(C)C)c2F)ccc1Cl. The predicted molar refractivity (Wildman–Crippen MR) is 112 cm³/mol. The highest BCUT2D eigenvalue weighted by molar-refractivity contribution is 6.32. The summed E-state index contributed by atoms with van der Waals surface area (Å²) in [6.45, 7) is 7.16. The van der Waals surface area contributed by atoms with Crippen LogP contribution in [0.5, 0.6) is 0 Å². The Balaban J connectivity index is 2.23. The molecule has 0 heterocycles. The van der Waals surface area contributed by atoms with Crippen LogP contribution in [0, 0.1) is 18.2 Å². The molecule has 0 atom stereocenters. The van der Waals surface area contributed by atoms with Gasteiger partial charge in [0.25, 0.3) is 0 Å². The summed E-state index contributed by atoms with van der Waals surface area (Å²) in [5.41, 5.74) is 1.04. The number of hydrogen-bond acceptors (Lipinski definition) is 2. The van der Waals surface area contributed by atoms with Crippen molar-refractivity contribution in [2.24, 2.45) is 5.41 Å². The minimum Gasteiger partial charge on any atom is -0.351 e. The molecule has 0 aliphatic heterocycles. The molecule has 2 aromatic rings. The summed E-state index contributed by atoms with van der Waals surface area (Å²) >= 11 is 12.1. The van der Waals surface area contributed by atoms with Crippen LogP contribution < -0.4 is 5.32 Å². The molecular weight excluding hydrogens is 400 g/mol. The smallest absolute Gasteiger partial charge is 0.225 e. The topological polar surface area (TPSA) is 46.2 Å². The second-order valence-electron chi connectivity index (χ2n) is 7.53. The molecule has 0 aliphatic carbocycles. The first kappa shape index (κ1) is 22.1. The van der Waals surface area contributed by atoms with Gasteiger partial charge in [-0.1, -0.05) is 50.0 Å². The lowest BCUT2D eigenvalue weighted by Crippen LogP contribution is -2.34. The van der Waals surface area contributed by atoms with Crippen molar-refractivity contribution in [1.29, 1.82) is 0 Å². The minimum absolute atomic E-state index is 0.0320. The van der Waals surface area contributed by atoms with Crippen molar-refractivity contribution in [3.05, 3.63) is 74.5 Å². The van der Waals surface area contributed by atoms with E-state index in [9.17, 15) is 14.0 Å². The molecule has 28 heavy (non-hydrogen) atoms. The summed E-state index contributed by atoms with van der Waals surface area (Å²) in [4.78, 5) is 24.4. The number of aryl methyl sites for hydroxylation is 1. The van der Waals surface area contributed by atoms with Crippen LogP contribution in [0.3, 0.4) is 0 Å². The first-order valence-electron chi connectivity index (χ1n) is 8.74. The molecule has 0 aromatic heterocycles. The molecule has 0 saturated heterocycles. The molecular formula is C22H22Cl2FNO2. The second-order valence-corrected chi connectivity index (χ2v) is 8.34. The zero-order valence-electron chi connectivity index (χ0n) is 16.2. The van der Waals surface area contributed by atoms with Crippen molar-refractivity contribution in [2.75, 3.05) is 0 Å². The van der Waals surface area contributed by atoms with Crippen LogP contribution in [0.15, 0.2) is 36.4 Å². The van der Waals surface area contributed by atoms with Gasteiger partial charge in [0.05, 0.1) is 5.02 Å². The molecule has 0 saturated carbocycles. The van der Waals surface area contributed by atoms with E-state index in [1.54, 1.807) is 52.0 Å². The fourth-order valence-corrected chi connectivity index (χ4v) is 2.72. The van der Waals surface area contributed by atoms with Crippen LogP contribution in [0.4, 0.5) is 4.39 Å². The summed E-state index contributed by atoms with van der Waals surface area (Å²) in [6.07, 6.45) is 2.61. The molecule has 2 rings (SSSR count). The van der Waals surface area contributed by atoms with E-state index in [1.165, 1.54) is 18.2 Å². The molecule has 0 spiro atoms. The van der Waals surface area contributed by atoms with Crippen LogP contribution in [-0.2, 0) is 11.3 Å². The Bertz CT molecular complexity index is 946. The number of benzene rings is 2. The van der Waals surface area contributed by atoms with Crippen molar-refractivity contribution in [3.63, 3.8) is 0 Å². The number of halogens is 3. The van der Waals surface area contributed by atoms with E-state index in [2.05, 4.69) is 5.32 Å². The third-order valence-electron chi connectivity index (χ3n) is 4.17. The zero-order chi connectivity index (χ0) is 21.1. The molecule has 6 heteroatoms. The van der Waals surface area contributed by atoms with Gasteiger partial charge in [0.2, 0.25) is 5.91 Å². The average molecular weight is 422 g/mol. The number of hydrogen-bond donors (Lipinski definition) is 1. The lowest BCUT2D eigenvalue weighted by molar-refractivity contribution is -0.128. The Kier molecular flexibility index (Phi) is 7.02. The molecule has 1 amide bonds. The van der Waals surface area contributed by atoms with E-state index >= 15 is 0 Å². The molecule has 0 bridgehead atoms. The maximum atomic E-state index is 14.8. The van der Waals surface area contributed by atoms with E-state index < -0.39 is 11.2 Å². The number of nitrogens with one attached hydrogen (secondary N) is 1. The van der Waals surface area contributed by atoms with Gasteiger partial charge in [0.1, 0.15) is 5.82 Å². The summed E-state index contributed by atoms with van der Waals surface area (Å²) in [6, 6.07) is 7.98. The van der Waals surface area contributed by atoms with Gasteiger partial charge in [-0.05, 0) is 48.9 Å². The van der Waals surface area contributed by atoms with Gasteiger partial charge in [-0.2, -0.15) is 0 Å².